The fraction of sp³-hybridized carbons (Fsp3) is 0.333. The monoisotopic (exact) mass is 397 g/mol. The van der Waals surface area contributed by atoms with Gasteiger partial charge in [0.15, 0.2) is 0 Å². The number of para-hydroxylation sites is 1. The van der Waals surface area contributed by atoms with Gasteiger partial charge in [0.2, 0.25) is 5.91 Å². The highest BCUT2D eigenvalue weighted by Gasteiger charge is 2.21. The minimum atomic E-state index is 0.250. The van der Waals surface area contributed by atoms with Crippen molar-refractivity contribution in [2.75, 3.05) is 31.9 Å². The number of hydrogen-bond acceptors (Lipinski definition) is 5. The molecule has 1 aromatic heterocycles. The first-order chi connectivity index (χ1) is 13.3. The summed E-state index contributed by atoms with van der Waals surface area (Å²) in [5, 5.41) is 1.10. The van der Waals surface area contributed by atoms with Gasteiger partial charge in [-0.25, -0.2) is 4.98 Å². The number of carbonyl (C=O) groups is 1. The standard InChI is InChI=1S/C21H23N3OS2/c25-21(16-26-15-20-22-18-8-4-5-9-19(18)27-20)24-12-10-23(11-13-24)14-17-6-2-1-3-7-17/h1-9H,10-16H2. The highest BCUT2D eigenvalue weighted by Crippen LogP contribution is 2.25. The van der Waals surface area contributed by atoms with Gasteiger partial charge in [0, 0.05) is 38.5 Å². The van der Waals surface area contributed by atoms with Gasteiger partial charge in [0.05, 0.1) is 16.0 Å². The van der Waals surface area contributed by atoms with Gasteiger partial charge in [-0.1, -0.05) is 42.5 Å². The van der Waals surface area contributed by atoms with Crippen LogP contribution in [0.15, 0.2) is 54.6 Å². The maximum atomic E-state index is 12.5. The number of thioether (sulfide) groups is 1. The molecule has 1 aliphatic rings. The van der Waals surface area contributed by atoms with Crippen molar-refractivity contribution in [3.05, 3.63) is 65.2 Å². The zero-order valence-corrected chi connectivity index (χ0v) is 16.8. The van der Waals surface area contributed by atoms with E-state index in [4.69, 9.17) is 0 Å². The molecule has 1 amide bonds. The molecule has 1 saturated heterocycles. The summed E-state index contributed by atoms with van der Waals surface area (Å²) in [5.41, 5.74) is 2.39. The lowest BCUT2D eigenvalue weighted by Gasteiger charge is -2.34. The van der Waals surface area contributed by atoms with Gasteiger partial charge in [-0.05, 0) is 17.7 Å². The lowest BCUT2D eigenvalue weighted by atomic mass is 10.2. The van der Waals surface area contributed by atoms with Gasteiger partial charge < -0.3 is 4.90 Å². The highest BCUT2D eigenvalue weighted by atomic mass is 32.2. The van der Waals surface area contributed by atoms with E-state index in [9.17, 15) is 4.79 Å². The minimum absolute atomic E-state index is 0.250. The van der Waals surface area contributed by atoms with Crippen LogP contribution in [0.3, 0.4) is 0 Å². The minimum Gasteiger partial charge on any atom is -0.339 e. The van der Waals surface area contributed by atoms with Gasteiger partial charge in [0.25, 0.3) is 0 Å². The van der Waals surface area contributed by atoms with Gasteiger partial charge in [-0.15, -0.1) is 23.1 Å². The van der Waals surface area contributed by atoms with Crippen molar-refractivity contribution in [1.29, 1.82) is 0 Å². The predicted octanol–water partition coefficient (Wildman–Crippen LogP) is 3.87. The second-order valence-electron chi connectivity index (χ2n) is 6.71. The Balaban J connectivity index is 1.20. The van der Waals surface area contributed by atoms with Crippen LogP contribution in [0.25, 0.3) is 10.2 Å². The van der Waals surface area contributed by atoms with Crippen molar-refractivity contribution < 1.29 is 4.79 Å². The molecule has 0 aliphatic carbocycles. The summed E-state index contributed by atoms with van der Waals surface area (Å²) in [7, 11) is 0. The summed E-state index contributed by atoms with van der Waals surface area (Å²) in [6.45, 7) is 4.52. The van der Waals surface area contributed by atoms with Crippen LogP contribution >= 0.6 is 23.1 Å². The highest BCUT2D eigenvalue weighted by molar-refractivity contribution is 7.99. The molecule has 1 fully saturated rings. The maximum absolute atomic E-state index is 12.5. The molecule has 4 nitrogen and oxygen atoms in total. The fourth-order valence-corrected chi connectivity index (χ4v) is 5.24. The van der Waals surface area contributed by atoms with Crippen molar-refractivity contribution in [2.45, 2.75) is 12.3 Å². The van der Waals surface area contributed by atoms with Crippen LogP contribution in [0.4, 0.5) is 0 Å². The lowest BCUT2D eigenvalue weighted by molar-refractivity contribution is -0.130. The zero-order chi connectivity index (χ0) is 18.5. The molecule has 0 bridgehead atoms. The Bertz CT molecular complexity index is 856. The molecule has 0 radical (unpaired) electrons. The predicted molar refractivity (Wildman–Crippen MR) is 114 cm³/mol. The van der Waals surface area contributed by atoms with Crippen molar-refractivity contribution >= 4 is 39.2 Å². The number of thiazole rings is 1. The van der Waals surface area contributed by atoms with E-state index >= 15 is 0 Å². The van der Waals surface area contributed by atoms with E-state index < -0.39 is 0 Å². The van der Waals surface area contributed by atoms with Crippen LogP contribution in [0.1, 0.15) is 10.6 Å². The summed E-state index contributed by atoms with van der Waals surface area (Å²) in [4.78, 5) is 21.6. The SMILES string of the molecule is O=C(CSCc1nc2ccccc2s1)N1CCN(Cc2ccccc2)CC1. The quantitative estimate of drug-likeness (QED) is 0.633. The Labute approximate surface area is 168 Å². The number of rotatable bonds is 6. The third-order valence-electron chi connectivity index (χ3n) is 4.76. The molecule has 4 rings (SSSR count). The van der Waals surface area contributed by atoms with E-state index in [-0.39, 0.29) is 5.91 Å². The van der Waals surface area contributed by atoms with E-state index in [1.807, 2.05) is 29.2 Å². The Morgan fingerprint density at radius 3 is 2.52 bits per heavy atom. The molecule has 2 heterocycles. The molecule has 27 heavy (non-hydrogen) atoms. The molecular weight excluding hydrogens is 374 g/mol. The number of amides is 1. The third-order valence-corrected chi connectivity index (χ3v) is 6.91. The molecule has 0 N–H and O–H groups in total. The molecule has 6 heteroatoms. The molecule has 1 aliphatic heterocycles. The third kappa shape index (κ3) is 4.89. The first-order valence-corrected chi connectivity index (χ1v) is 11.2. The normalized spacial score (nSPS) is 15.3. The topological polar surface area (TPSA) is 36.4 Å². The Morgan fingerprint density at radius 2 is 1.74 bits per heavy atom. The van der Waals surface area contributed by atoms with Crippen LogP contribution in [0.2, 0.25) is 0 Å². The molecule has 0 saturated carbocycles. The average molecular weight is 398 g/mol. The van der Waals surface area contributed by atoms with E-state index in [0.29, 0.717) is 5.75 Å². The molecule has 0 unspecified atom stereocenters. The number of aromatic nitrogens is 1. The van der Waals surface area contributed by atoms with Gasteiger partial charge in [-0.3, -0.25) is 9.69 Å². The number of benzene rings is 2. The number of hydrogen-bond donors (Lipinski definition) is 0. The number of fused-ring (bicyclic) bond motifs is 1. The second-order valence-corrected chi connectivity index (χ2v) is 8.81. The van der Waals surface area contributed by atoms with Crippen molar-refractivity contribution in [2.24, 2.45) is 0 Å². The van der Waals surface area contributed by atoms with Crippen molar-refractivity contribution in [3.63, 3.8) is 0 Å². The molecule has 3 aromatic rings. The summed E-state index contributed by atoms with van der Waals surface area (Å²) in [6.07, 6.45) is 0. The zero-order valence-electron chi connectivity index (χ0n) is 15.2. The van der Waals surface area contributed by atoms with Crippen LogP contribution in [-0.4, -0.2) is 52.6 Å². The van der Waals surface area contributed by atoms with Crippen molar-refractivity contribution in [3.8, 4) is 0 Å². The number of piperazine rings is 1. The van der Waals surface area contributed by atoms with E-state index in [2.05, 4.69) is 40.2 Å². The fourth-order valence-electron chi connectivity index (χ4n) is 3.30. The van der Waals surface area contributed by atoms with Crippen molar-refractivity contribution in [1.82, 2.24) is 14.8 Å². The Morgan fingerprint density at radius 1 is 1.00 bits per heavy atom. The van der Waals surface area contributed by atoms with Crippen LogP contribution in [-0.2, 0) is 17.1 Å². The first kappa shape index (κ1) is 18.5. The van der Waals surface area contributed by atoms with Gasteiger partial charge >= 0.3 is 0 Å². The molecule has 0 atom stereocenters. The Hall–Kier alpha value is -1.89. The number of carbonyl (C=O) groups excluding carboxylic acids is 1. The second kappa shape index (κ2) is 8.87. The summed E-state index contributed by atoms with van der Waals surface area (Å²) >= 11 is 3.39. The van der Waals surface area contributed by atoms with E-state index in [1.54, 1.807) is 23.1 Å². The lowest BCUT2D eigenvalue weighted by Crippen LogP contribution is -2.48. The molecule has 0 spiro atoms. The summed E-state index contributed by atoms with van der Waals surface area (Å²) < 4.78 is 1.22. The van der Waals surface area contributed by atoms with E-state index in [0.717, 1.165) is 49.0 Å². The summed E-state index contributed by atoms with van der Waals surface area (Å²) in [5.74, 6) is 1.59. The Kier molecular flexibility index (Phi) is 6.07. The van der Waals surface area contributed by atoms with Crippen LogP contribution in [0, 0.1) is 0 Å². The van der Waals surface area contributed by atoms with Crippen LogP contribution in [0.5, 0.6) is 0 Å². The average Bonchev–Trinajstić information content (AvgIpc) is 3.12. The first-order valence-electron chi connectivity index (χ1n) is 9.24. The summed E-state index contributed by atoms with van der Waals surface area (Å²) in [6, 6.07) is 18.7. The molecule has 140 valence electrons. The largest absolute Gasteiger partial charge is 0.339 e. The molecular formula is C21H23N3OS2. The smallest absolute Gasteiger partial charge is 0.232 e. The van der Waals surface area contributed by atoms with E-state index in [1.165, 1.54) is 10.3 Å². The molecule has 2 aromatic carbocycles. The van der Waals surface area contributed by atoms with Crippen LogP contribution < -0.4 is 0 Å². The van der Waals surface area contributed by atoms with Gasteiger partial charge in [0.1, 0.15) is 5.01 Å². The maximum Gasteiger partial charge on any atom is 0.232 e. The number of nitrogens with zero attached hydrogens (tertiary/aromatic N) is 3. The van der Waals surface area contributed by atoms with Gasteiger partial charge in [-0.2, -0.15) is 0 Å².